The van der Waals surface area contributed by atoms with Gasteiger partial charge in [0, 0.05) is 11.6 Å². The Bertz CT molecular complexity index is 792. The Morgan fingerprint density at radius 1 is 0.939 bits per heavy atom. The van der Waals surface area contributed by atoms with Gasteiger partial charge in [-0.1, -0.05) is 81.5 Å². The van der Waals surface area contributed by atoms with E-state index in [-0.39, 0.29) is 5.54 Å². The number of phenolic OH excluding ortho intramolecular Hbond substituents is 1. The van der Waals surface area contributed by atoms with Gasteiger partial charge in [-0.25, -0.2) is 0 Å². The summed E-state index contributed by atoms with van der Waals surface area (Å²) in [6, 6.07) is 19.1. The molecule has 0 amide bonds. The van der Waals surface area contributed by atoms with Crippen molar-refractivity contribution >= 4 is 0 Å². The van der Waals surface area contributed by atoms with Crippen LogP contribution < -0.4 is 5.32 Å². The first-order chi connectivity index (χ1) is 16.1. The second-order valence-electron chi connectivity index (χ2n) is 10.2. The molecule has 2 fully saturated rings. The van der Waals surface area contributed by atoms with E-state index in [2.05, 4.69) is 61.6 Å². The van der Waals surface area contributed by atoms with E-state index in [1.165, 1.54) is 81.9 Å². The van der Waals surface area contributed by atoms with Crippen LogP contribution in [0.4, 0.5) is 0 Å². The summed E-state index contributed by atoms with van der Waals surface area (Å²) in [5, 5.41) is 13.5. The lowest BCUT2D eigenvalue weighted by Gasteiger charge is -2.47. The lowest BCUT2D eigenvalue weighted by molar-refractivity contribution is 0.0560. The van der Waals surface area contributed by atoms with Gasteiger partial charge in [0.05, 0.1) is 0 Å². The molecule has 2 aromatic carbocycles. The number of nitrogens with zero attached hydrogens (tertiary/aromatic N) is 1. The zero-order valence-corrected chi connectivity index (χ0v) is 21.2. The van der Waals surface area contributed by atoms with Gasteiger partial charge in [0.1, 0.15) is 5.75 Å². The zero-order chi connectivity index (χ0) is 23.5. The summed E-state index contributed by atoms with van der Waals surface area (Å²) in [5.41, 5.74) is 2.79. The molecule has 3 heteroatoms. The van der Waals surface area contributed by atoms with Crippen LogP contribution in [0.1, 0.15) is 82.3 Å². The van der Waals surface area contributed by atoms with Crippen LogP contribution in [0, 0.1) is 5.92 Å². The van der Waals surface area contributed by atoms with Gasteiger partial charge in [0.25, 0.3) is 0 Å². The van der Waals surface area contributed by atoms with Crippen molar-refractivity contribution in [3.63, 3.8) is 0 Å². The smallest absolute Gasteiger partial charge is 0.115 e. The van der Waals surface area contributed by atoms with Crippen LogP contribution in [0.25, 0.3) is 0 Å². The van der Waals surface area contributed by atoms with Crippen LogP contribution in [0.2, 0.25) is 0 Å². The molecule has 0 atom stereocenters. The fourth-order valence-electron chi connectivity index (χ4n) is 5.85. The Balaban J connectivity index is 0.000000323. The zero-order valence-electron chi connectivity index (χ0n) is 21.2. The number of phenols is 1. The van der Waals surface area contributed by atoms with Gasteiger partial charge in [-0.2, -0.15) is 0 Å². The van der Waals surface area contributed by atoms with Gasteiger partial charge in [0.2, 0.25) is 0 Å². The Hall–Kier alpha value is -1.84. The highest BCUT2D eigenvalue weighted by Crippen LogP contribution is 2.43. The molecule has 0 aliphatic heterocycles. The van der Waals surface area contributed by atoms with Crippen molar-refractivity contribution < 1.29 is 5.11 Å². The molecule has 0 radical (unpaired) electrons. The van der Waals surface area contributed by atoms with Crippen molar-refractivity contribution in [3.05, 3.63) is 65.7 Å². The number of rotatable bonds is 7. The van der Waals surface area contributed by atoms with E-state index in [0.29, 0.717) is 11.8 Å². The molecule has 3 nitrogen and oxygen atoms in total. The summed E-state index contributed by atoms with van der Waals surface area (Å²) in [7, 11) is 4.39. The van der Waals surface area contributed by atoms with Crippen LogP contribution in [-0.2, 0) is 12.0 Å². The van der Waals surface area contributed by atoms with Gasteiger partial charge >= 0.3 is 0 Å². The van der Waals surface area contributed by atoms with Crippen molar-refractivity contribution in [3.8, 4) is 5.75 Å². The predicted octanol–water partition coefficient (Wildman–Crippen LogP) is 6.90. The molecular formula is C30H46N2O. The quantitative estimate of drug-likeness (QED) is 0.481. The average molecular weight is 451 g/mol. The van der Waals surface area contributed by atoms with Gasteiger partial charge < -0.3 is 10.4 Å². The highest BCUT2D eigenvalue weighted by Gasteiger charge is 2.40. The lowest BCUT2D eigenvalue weighted by atomic mass is 9.73. The third-order valence-electron chi connectivity index (χ3n) is 8.18. The van der Waals surface area contributed by atoms with Crippen LogP contribution in [0.3, 0.4) is 0 Å². The van der Waals surface area contributed by atoms with Crippen molar-refractivity contribution in [2.45, 2.75) is 89.1 Å². The van der Waals surface area contributed by atoms with Crippen molar-refractivity contribution in [2.75, 3.05) is 20.6 Å². The molecule has 0 spiro atoms. The Kier molecular flexibility index (Phi) is 10.3. The van der Waals surface area contributed by atoms with Gasteiger partial charge in [0.15, 0.2) is 0 Å². The molecule has 0 bridgehead atoms. The second kappa shape index (κ2) is 13.2. The van der Waals surface area contributed by atoms with E-state index in [0.717, 1.165) is 12.3 Å². The third kappa shape index (κ3) is 7.32. The molecule has 2 aliphatic carbocycles. The molecule has 0 heterocycles. The highest BCUT2D eigenvalue weighted by atomic mass is 16.3. The second-order valence-corrected chi connectivity index (χ2v) is 10.2. The molecule has 2 aliphatic rings. The first-order valence-corrected chi connectivity index (χ1v) is 13.3. The molecule has 4 rings (SSSR count). The fourth-order valence-corrected chi connectivity index (χ4v) is 5.85. The minimum Gasteiger partial charge on any atom is -0.508 e. The molecule has 2 aromatic rings. The summed E-state index contributed by atoms with van der Waals surface area (Å²) in [6.45, 7) is 3.33. The molecule has 182 valence electrons. The maximum atomic E-state index is 10.0. The van der Waals surface area contributed by atoms with Gasteiger partial charge in [-0.3, -0.25) is 4.90 Å². The highest BCUT2D eigenvalue weighted by molar-refractivity contribution is 5.33. The maximum Gasteiger partial charge on any atom is 0.115 e. The molecular weight excluding hydrogens is 404 g/mol. The number of aromatic hydroxyl groups is 1. The molecule has 33 heavy (non-hydrogen) atoms. The third-order valence-corrected chi connectivity index (χ3v) is 8.18. The minimum absolute atomic E-state index is 0.0841. The van der Waals surface area contributed by atoms with Crippen LogP contribution >= 0.6 is 0 Å². The fraction of sp³-hybridized carbons (Fsp3) is 0.600. The summed E-state index contributed by atoms with van der Waals surface area (Å²) >= 11 is 0. The SMILES string of the molecule is CCc1ccccc1.CNC1CCC(c2cccc(O)c2)(N(C)CCC2CCCCC2)CC1. The predicted molar refractivity (Wildman–Crippen MR) is 141 cm³/mol. The van der Waals surface area contributed by atoms with Crippen molar-refractivity contribution in [1.29, 1.82) is 0 Å². The molecule has 2 N–H and O–H groups in total. The molecule has 0 saturated heterocycles. The summed E-state index contributed by atoms with van der Waals surface area (Å²) in [4.78, 5) is 2.61. The first kappa shape index (κ1) is 25.8. The van der Waals surface area contributed by atoms with Gasteiger partial charge in [-0.05, 0) is 88.3 Å². The summed E-state index contributed by atoms with van der Waals surface area (Å²) in [6.07, 6.45) is 14.4. The van der Waals surface area contributed by atoms with Crippen molar-refractivity contribution in [1.82, 2.24) is 10.2 Å². The largest absolute Gasteiger partial charge is 0.508 e. The van der Waals surface area contributed by atoms with E-state index in [1.807, 2.05) is 18.2 Å². The summed E-state index contributed by atoms with van der Waals surface area (Å²) < 4.78 is 0. The topological polar surface area (TPSA) is 35.5 Å². The number of benzene rings is 2. The monoisotopic (exact) mass is 450 g/mol. The van der Waals surface area contributed by atoms with E-state index in [9.17, 15) is 5.11 Å². The molecule has 0 aromatic heterocycles. The maximum absolute atomic E-state index is 10.0. The van der Waals surface area contributed by atoms with Gasteiger partial charge in [-0.15, -0.1) is 0 Å². The number of hydrogen-bond acceptors (Lipinski definition) is 3. The van der Waals surface area contributed by atoms with E-state index in [4.69, 9.17) is 0 Å². The van der Waals surface area contributed by atoms with Crippen LogP contribution in [0.5, 0.6) is 5.75 Å². The van der Waals surface area contributed by atoms with E-state index >= 15 is 0 Å². The Labute approximate surface area is 202 Å². The number of aryl methyl sites for hydroxylation is 1. The standard InChI is InChI=1S/C22H36N2O.C8H10/c1-23-20-11-14-22(15-12-20,19-9-6-10-21(25)17-19)24(2)16-13-18-7-4-3-5-8-18;1-2-8-6-4-3-5-7-8/h6,9-10,17-18,20,23,25H,3-5,7-8,11-16H2,1-2H3;3-7H,2H2,1H3. The number of hydrogen-bond donors (Lipinski definition) is 2. The Morgan fingerprint density at radius 3 is 2.21 bits per heavy atom. The molecule has 0 unspecified atom stereocenters. The van der Waals surface area contributed by atoms with Crippen LogP contribution in [0.15, 0.2) is 54.6 Å². The van der Waals surface area contributed by atoms with E-state index in [1.54, 1.807) is 6.07 Å². The number of nitrogens with one attached hydrogen (secondary N) is 1. The minimum atomic E-state index is 0.0841. The lowest BCUT2D eigenvalue weighted by Crippen LogP contribution is -2.49. The first-order valence-electron chi connectivity index (χ1n) is 13.3. The van der Waals surface area contributed by atoms with E-state index < -0.39 is 0 Å². The van der Waals surface area contributed by atoms with Crippen molar-refractivity contribution in [2.24, 2.45) is 5.92 Å². The molecule has 2 saturated carbocycles. The summed E-state index contributed by atoms with van der Waals surface area (Å²) in [5.74, 6) is 1.32. The average Bonchev–Trinajstić information content (AvgIpc) is 2.88. The normalized spacial score (nSPS) is 23.7. The van der Waals surface area contributed by atoms with Crippen LogP contribution in [-0.4, -0.2) is 36.7 Å². The Morgan fingerprint density at radius 2 is 1.64 bits per heavy atom.